The number of amides is 1. The average molecular weight is 414 g/mol. The molecule has 4 rings (SSSR count). The maximum Gasteiger partial charge on any atom is 0.292 e. The molecule has 8 nitrogen and oxygen atoms in total. The van der Waals surface area contributed by atoms with Crippen molar-refractivity contribution < 1.29 is 14.6 Å². The molecule has 1 heterocycles. The van der Waals surface area contributed by atoms with Gasteiger partial charge in [0.05, 0.1) is 24.4 Å². The summed E-state index contributed by atoms with van der Waals surface area (Å²) in [4.78, 5) is 25.8. The van der Waals surface area contributed by atoms with Crippen molar-refractivity contribution in [3.8, 4) is 17.2 Å². The zero-order chi connectivity index (χ0) is 21.8. The predicted octanol–water partition coefficient (Wildman–Crippen LogP) is 2.86. The fourth-order valence-electron chi connectivity index (χ4n) is 3.12. The summed E-state index contributed by atoms with van der Waals surface area (Å²) >= 11 is 0. The molecule has 2 N–H and O–H groups in total. The Balaban J connectivity index is 1.71. The van der Waals surface area contributed by atoms with Crippen LogP contribution in [0.5, 0.6) is 11.5 Å². The van der Waals surface area contributed by atoms with Crippen molar-refractivity contribution in [1.82, 2.24) is 15.2 Å². The number of methoxy groups -OCH3 is 1. The van der Waals surface area contributed by atoms with Crippen molar-refractivity contribution in [2.24, 2.45) is 5.10 Å². The molecule has 0 saturated carbocycles. The number of rotatable bonds is 5. The first kappa shape index (κ1) is 19.8. The van der Waals surface area contributed by atoms with Crippen molar-refractivity contribution in [1.29, 1.82) is 0 Å². The second-order valence-electron chi connectivity index (χ2n) is 6.54. The number of aromatic hydroxyl groups is 1. The van der Waals surface area contributed by atoms with E-state index in [0.717, 1.165) is 0 Å². The molecule has 0 radical (unpaired) electrons. The van der Waals surface area contributed by atoms with Gasteiger partial charge in [-0.2, -0.15) is 14.9 Å². The van der Waals surface area contributed by atoms with Gasteiger partial charge in [-0.3, -0.25) is 9.59 Å². The molecule has 0 atom stereocenters. The first-order valence-electron chi connectivity index (χ1n) is 9.37. The van der Waals surface area contributed by atoms with Gasteiger partial charge in [0, 0.05) is 10.9 Å². The topological polar surface area (TPSA) is 106 Å². The van der Waals surface area contributed by atoms with Gasteiger partial charge in [0.15, 0.2) is 17.2 Å². The number of ether oxygens (including phenoxy) is 1. The summed E-state index contributed by atoms with van der Waals surface area (Å²) in [5, 5.41) is 19.1. The molecule has 0 fully saturated rings. The van der Waals surface area contributed by atoms with Gasteiger partial charge in [0.2, 0.25) is 0 Å². The van der Waals surface area contributed by atoms with Gasteiger partial charge < -0.3 is 9.84 Å². The first-order chi connectivity index (χ1) is 15.1. The number of para-hydroxylation sites is 2. The number of phenolic OH excluding ortho intramolecular Hbond substituents is 1. The maximum absolute atomic E-state index is 12.9. The standard InChI is InChI=1S/C23H18N4O4/c1-31-19-13-7-8-15(21(19)28)14-24-25-22(29)20-17-11-5-6-12-18(17)23(30)27(26-20)16-9-3-2-4-10-16/h2-14,28H,1H3,(H,25,29)/b24-14+. The molecule has 3 aromatic carbocycles. The van der Waals surface area contributed by atoms with E-state index in [9.17, 15) is 14.7 Å². The summed E-state index contributed by atoms with van der Waals surface area (Å²) in [6, 6.07) is 20.5. The zero-order valence-corrected chi connectivity index (χ0v) is 16.5. The largest absolute Gasteiger partial charge is 0.504 e. The number of carbonyl (C=O) groups is 1. The number of hydrogen-bond donors (Lipinski definition) is 2. The summed E-state index contributed by atoms with van der Waals surface area (Å²) in [5.74, 6) is -0.401. The third-order valence-electron chi connectivity index (χ3n) is 4.64. The highest BCUT2D eigenvalue weighted by molar-refractivity contribution is 6.05. The van der Waals surface area contributed by atoms with Crippen molar-refractivity contribution >= 4 is 22.9 Å². The average Bonchev–Trinajstić information content (AvgIpc) is 2.81. The fourth-order valence-corrected chi connectivity index (χ4v) is 3.12. The van der Waals surface area contributed by atoms with Gasteiger partial charge in [-0.15, -0.1) is 0 Å². The van der Waals surface area contributed by atoms with Crippen LogP contribution in [0.1, 0.15) is 16.1 Å². The van der Waals surface area contributed by atoms with Crippen LogP contribution in [0.25, 0.3) is 16.5 Å². The number of aromatic nitrogens is 2. The molecule has 0 aliphatic heterocycles. The molecule has 0 saturated heterocycles. The molecule has 0 aliphatic carbocycles. The smallest absolute Gasteiger partial charge is 0.292 e. The van der Waals surface area contributed by atoms with E-state index in [4.69, 9.17) is 4.74 Å². The second-order valence-corrected chi connectivity index (χ2v) is 6.54. The Kier molecular flexibility index (Phi) is 5.44. The van der Waals surface area contributed by atoms with Crippen LogP contribution in [-0.4, -0.2) is 34.1 Å². The molecule has 31 heavy (non-hydrogen) atoms. The van der Waals surface area contributed by atoms with E-state index in [1.54, 1.807) is 66.7 Å². The van der Waals surface area contributed by atoms with E-state index in [1.807, 2.05) is 6.07 Å². The number of benzene rings is 3. The Labute approximate surface area is 177 Å². The van der Waals surface area contributed by atoms with E-state index in [1.165, 1.54) is 18.0 Å². The molecule has 0 aliphatic rings. The molecule has 1 amide bonds. The lowest BCUT2D eigenvalue weighted by atomic mass is 10.1. The van der Waals surface area contributed by atoms with Gasteiger partial charge in [-0.25, -0.2) is 5.43 Å². The third kappa shape index (κ3) is 3.86. The lowest BCUT2D eigenvalue weighted by Gasteiger charge is -2.10. The van der Waals surface area contributed by atoms with Gasteiger partial charge >= 0.3 is 0 Å². The number of carbonyl (C=O) groups excluding carboxylic acids is 1. The van der Waals surface area contributed by atoms with Crippen LogP contribution in [0.4, 0.5) is 0 Å². The van der Waals surface area contributed by atoms with Crippen LogP contribution in [0.3, 0.4) is 0 Å². The molecule has 0 spiro atoms. The molecule has 154 valence electrons. The normalized spacial score (nSPS) is 11.0. The highest BCUT2D eigenvalue weighted by Gasteiger charge is 2.17. The van der Waals surface area contributed by atoms with Crippen LogP contribution >= 0.6 is 0 Å². The molecule has 0 unspecified atom stereocenters. The van der Waals surface area contributed by atoms with Gasteiger partial charge in [-0.05, 0) is 30.3 Å². The third-order valence-corrected chi connectivity index (χ3v) is 4.64. The Bertz CT molecular complexity index is 1350. The maximum atomic E-state index is 12.9. The Morgan fingerprint density at radius 3 is 2.48 bits per heavy atom. The number of fused-ring (bicyclic) bond motifs is 1. The van der Waals surface area contributed by atoms with E-state index >= 15 is 0 Å². The van der Waals surface area contributed by atoms with E-state index in [-0.39, 0.29) is 22.8 Å². The fraction of sp³-hybridized carbons (Fsp3) is 0.0435. The van der Waals surface area contributed by atoms with Gasteiger partial charge in [0.1, 0.15) is 0 Å². The molecule has 1 aromatic heterocycles. The van der Waals surface area contributed by atoms with Gasteiger partial charge in [-0.1, -0.05) is 42.5 Å². The van der Waals surface area contributed by atoms with Crippen LogP contribution < -0.4 is 15.7 Å². The summed E-state index contributed by atoms with van der Waals surface area (Å²) in [5.41, 5.74) is 3.03. The quantitative estimate of drug-likeness (QED) is 0.386. The summed E-state index contributed by atoms with van der Waals surface area (Å²) < 4.78 is 6.24. The van der Waals surface area contributed by atoms with Crippen LogP contribution in [0, 0.1) is 0 Å². The Hall–Kier alpha value is -4.46. The monoisotopic (exact) mass is 414 g/mol. The van der Waals surface area contributed by atoms with Crippen molar-refractivity contribution in [3.05, 3.63) is 94.4 Å². The van der Waals surface area contributed by atoms with E-state index in [2.05, 4.69) is 15.6 Å². The minimum atomic E-state index is -0.598. The van der Waals surface area contributed by atoms with Gasteiger partial charge in [0.25, 0.3) is 11.5 Å². The van der Waals surface area contributed by atoms with E-state index < -0.39 is 5.91 Å². The molecule has 4 aromatic rings. The zero-order valence-electron chi connectivity index (χ0n) is 16.5. The van der Waals surface area contributed by atoms with E-state index in [0.29, 0.717) is 22.0 Å². The molecular weight excluding hydrogens is 396 g/mol. The number of nitrogens with zero attached hydrogens (tertiary/aromatic N) is 3. The molecular formula is C23H18N4O4. The highest BCUT2D eigenvalue weighted by Crippen LogP contribution is 2.27. The second kappa shape index (κ2) is 8.50. The van der Waals surface area contributed by atoms with Crippen LogP contribution in [0.15, 0.2) is 82.7 Å². The Morgan fingerprint density at radius 2 is 1.74 bits per heavy atom. The lowest BCUT2D eigenvalue weighted by molar-refractivity contribution is 0.0950. The Morgan fingerprint density at radius 1 is 1.03 bits per heavy atom. The highest BCUT2D eigenvalue weighted by atomic mass is 16.5. The first-order valence-corrected chi connectivity index (χ1v) is 9.37. The van der Waals surface area contributed by atoms with Crippen molar-refractivity contribution in [3.63, 3.8) is 0 Å². The SMILES string of the molecule is COc1cccc(/C=N/NC(=O)c2nn(-c3ccccc3)c(=O)c3ccccc23)c1O. The minimum Gasteiger partial charge on any atom is -0.504 e. The van der Waals surface area contributed by atoms with Crippen molar-refractivity contribution in [2.75, 3.05) is 7.11 Å². The van der Waals surface area contributed by atoms with Crippen LogP contribution in [0.2, 0.25) is 0 Å². The number of phenols is 1. The molecule has 0 bridgehead atoms. The number of hydrazone groups is 1. The van der Waals surface area contributed by atoms with Crippen LogP contribution in [-0.2, 0) is 0 Å². The predicted molar refractivity (Wildman–Crippen MR) is 117 cm³/mol. The number of hydrogen-bond acceptors (Lipinski definition) is 6. The lowest BCUT2D eigenvalue weighted by Crippen LogP contribution is -2.28. The number of nitrogens with one attached hydrogen (secondary N) is 1. The minimum absolute atomic E-state index is 0.0473. The molecule has 8 heteroatoms. The summed E-state index contributed by atoms with van der Waals surface area (Å²) in [6.07, 6.45) is 1.30. The summed E-state index contributed by atoms with van der Waals surface area (Å²) in [7, 11) is 1.44. The summed E-state index contributed by atoms with van der Waals surface area (Å²) in [6.45, 7) is 0. The van der Waals surface area contributed by atoms with Crippen molar-refractivity contribution in [2.45, 2.75) is 0 Å².